The molecule has 1 aromatic rings. The minimum absolute atomic E-state index is 0.0687. The first-order valence-corrected chi connectivity index (χ1v) is 13.7. The zero-order valence-corrected chi connectivity index (χ0v) is 20.8. The summed E-state index contributed by atoms with van der Waals surface area (Å²) < 4.78 is 34.9. The first-order chi connectivity index (χ1) is 15.5. The van der Waals surface area contributed by atoms with Crippen LogP contribution in [0.15, 0.2) is 12.1 Å². The predicted octanol–water partition coefficient (Wildman–Crippen LogP) is 9.44. The van der Waals surface area contributed by atoms with Crippen molar-refractivity contribution in [3.63, 3.8) is 0 Å². The Labute approximate surface area is 195 Å². The SMILES string of the molecule is CCCCCOc1ccc(C2CCC(C(C)C3CCC(CCCC)CC3)CC2)c(F)c1F. The zero-order valence-electron chi connectivity index (χ0n) is 20.8. The van der Waals surface area contributed by atoms with Crippen LogP contribution >= 0.6 is 0 Å². The predicted molar refractivity (Wildman–Crippen MR) is 130 cm³/mol. The van der Waals surface area contributed by atoms with E-state index in [1.807, 2.05) is 0 Å². The Morgan fingerprint density at radius 3 is 2.06 bits per heavy atom. The van der Waals surface area contributed by atoms with Crippen LogP contribution < -0.4 is 4.74 Å². The van der Waals surface area contributed by atoms with Crippen molar-refractivity contribution < 1.29 is 13.5 Å². The van der Waals surface area contributed by atoms with Gasteiger partial charge in [-0.1, -0.05) is 71.8 Å². The molecule has 0 spiro atoms. The molecule has 2 fully saturated rings. The Balaban J connectivity index is 1.48. The molecule has 0 bridgehead atoms. The summed E-state index contributed by atoms with van der Waals surface area (Å²) in [4.78, 5) is 0. The van der Waals surface area contributed by atoms with Gasteiger partial charge >= 0.3 is 0 Å². The highest BCUT2D eigenvalue weighted by Crippen LogP contribution is 2.45. The molecule has 1 atom stereocenters. The van der Waals surface area contributed by atoms with E-state index in [1.165, 1.54) is 44.9 Å². The minimum atomic E-state index is -0.797. The highest BCUT2D eigenvalue weighted by molar-refractivity contribution is 5.33. The summed E-state index contributed by atoms with van der Waals surface area (Å²) in [5, 5.41) is 0. The van der Waals surface area contributed by atoms with E-state index in [-0.39, 0.29) is 11.7 Å². The molecule has 182 valence electrons. The Morgan fingerprint density at radius 1 is 0.812 bits per heavy atom. The fourth-order valence-corrected chi connectivity index (χ4v) is 6.34. The first-order valence-electron chi connectivity index (χ1n) is 13.7. The lowest BCUT2D eigenvalue weighted by atomic mass is 9.66. The molecule has 2 aliphatic rings. The van der Waals surface area contributed by atoms with Crippen LogP contribution in [-0.2, 0) is 0 Å². The molecular weight excluding hydrogens is 402 g/mol. The maximum atomic E-state index is 14.8. The summed E-state index contributed by atoms with van der Waals surface area (Å²) in [6, 6.07) is 3.42. The molecule has 3 rings (SSSR count). The molecule has 2 saturated carbocycles. The smallest absolute Gasteiger partial charge is 0.200 e. The van der Waals surface area contributed by atoms with Gasteiger partial charge in [-0.2, -0.15) is 4.39 Å². The molecule has 32 heavy (non-hydrogen) atoms. The summed E-state index contributed by atoms with van der Waals surface area (Å²) >= 11 is 0. The molecule has 1 aromatic carbocycles. The molecule has 0 aliphatic heterocycles. The van der Waals surface area contributed by atoms with Crippen molar-refractivity contribution in [1.82, 2.24) is 0 Å². The van der Waals surface area contributed by atoms with E-state index in [1.54, 1.807) is 12.1 Å². The molecule has 0 N–H and O–H groups in total. The molecule has 1 unspecified atom stereocenters. The van der Waals surface area contributed by atoms with Gasteiger partial charge < -0.3 is 4.74 Å². The van der Waals surface area contributed by atoms with E-state index in [9.17, 15) is 8.78 Å². The highest BCUT2D eigenvalue weighted by atomic mass is 19.2. The molecular formula is C29H46F2O. The number of unbranched alkanes of at least 4 members (excludes halogenated alkanes) is 3. The van der Waals surface area contributed by atoms with Crippen molar-refractivity contribution in [2.45, 2.75) is 117 Å². The lowest BCUT2D eigenvalue weighted by Gasteiger charge is -2.39. The van der Waals surface area contributed by atoms with Gasteiger partial charge in [-0.15, -0.1) is 0 Å². The van der Waals surface area contributed by atoms with E-state index in [0.29, 0.717) is 12.2 Å². The quantitative estimate of drug-likeness (QED) is 0.306. The molecule has 2 aliphatic carbocycles. The number of hydrogen-bond acceptors (Lipinski definition) is 1. The molecule has 0 aromatic heterocycles. The fourth-order valence-electron chi connectivity index (χ4n) is 6.34. The third-order valence-corrected chi connectivity index (χ3v) is 8.64. The van der Waals surface area contributed by atoms with Crippen molar-refractivity contribution in [2.24, 2.45) is 23.7 Å². The summed E-state index contributed by atoms with van der Waals surface area (Å²) in [7, 11) is 0. The van der Waals surface area contributed by atoms with Gasteiger partial charge in [0.25, 0.3) is 0 Å². The average molecular weight is 449 g/mol. The normalized spacial score (nSPS) is 27.3. The summed E-state index contributed by atoms with van der Waals surface area (Å²) in [6.07, 6.45) is 17.0. The Kier molecular flexibility index (Phi) is 10.3. The number of halogens is 2. The van der Waals surface area contributed by atoms with Gasteiger partial charge in [0.15, 0.2) is 11.6 Å². The largest absolute Gasteiger partial charge is 0.490 e. The maximum Gasteiger partial charge on any atom is 0.200 e. The monoisotopic (exact) mass is 448 g/mol. The van der Waals surface area contributed by atoms with Crippen molar-refractivity contribution in [2.75, 3.05) is 6.61 Å². The zero-order chi connectivity index (χ0) is 22.9. The molecule has 0 saturated heterocycles. The van der Waals surface area contributed by atoms with Crippen molar-refractivity contribution in [3.05, 3.63) is 29.3 Å². The van der Waals surface area contributed by atoms with Gasteiger partial charge in [-0.3, -0.25) is 0 Å². The van der Waals surface area contributed by atoms with Gasteiger partial charge in [0.1, 0.15) is 0 Å². The van der Waals surface area contributed by atoms with E-state index >= 15 is 0 Å². The summed E-state index contributed by atoms with van der Waals surface area (Å²) in [6.45, 7) is 7.32. The van der Waals surface area contributed by atoms with E-state index in [4.69, 9.17) is 4.74 Å². The van der Waals surface area contributed by atoms with Crippen LogP contribution in [0, 0.1) is 35.3 Å². The average Bonchev–Trinajstić information content (AvgIpc) is 2.83. The summed E-state index contributed by atoms with van der Waals surface area (Å²) in [5.41, 5.74) is 0.561. The van der Waals surface area contributed by atoms with E-state index in [2.05, 4.69) is 20.8 Å². The molecule has 1 nitrogen and oxygen atoms in total. The molecule has 0 amide bonds. The molecule has 3 heteroatoms. The van der Waals surface area contributed by atoms with Gasteiger partial charge in [-0.05, 0) is 86.2 Å². The number of rotatable bonds is 11. The third kappa shape index (κ3) is 6.70. The van der Waals surface area contributed by atoms with E-state index < -0.39 is 11.6 Å². The van der Waals surface area contributed by atoms with E-state index in [0.717, 1.165) is 68.6 Å². The van der Waals surface area contributed by atoms with Crippen LogP contribution in [0.1, 0.15) is 122 Å². The van der Waals surface area contributed by atoms with Gasteiger partial charge in [-0.25, -0.2) is 4.39 Å². The van der Waals surface area contributed by atoms with Crippen LogP contribution in [0.25, 0.3) is 0 Å². The number of benzene rings is 1. The van der Waals surface area contributed by atoms with Gasteiger partial charge in [0.05, 0.1) is 6.61 Å². The Morgan fingerprint density at radius 2 is 1.44 bits per heavy atom. The Hall–Kier alpha value is -1.12. The summed E-state index contributed by atoms with van der Waals surface area (Å²) in [5.74, 6) is 2.08. The third-order valence-electron chi connectivity index (χ3n) is 8.64. The Bertz CT molecular complexity index is 672. The molecule has 0 radical (unpaired) electrons. The fraction of sp³-hybridized carbons (Fsp3) is 0.793. The molecule has 0 heterocycles. The topological polar surface area (TPSA) is 9.23 Å². The second-order valence-corrected chi connectivity index (χ2v) is 10.7. The van der Waals surface area contributed by atoms with Gasteiger partial charge in [0, 0.05) is 0 Å². The van der Waals surface area contributed by atoms with Crippen LogP contribution in [0.2, 0.25) is 0 Å². The van der Waals surface area contributed by atoms with Crippen LogP contribution in [0.5, 0.6) is 5.75 Å². The van der Waals surface area contributed by atoms with Gasteiger partial charge in [0.2, 0.25) is 5.82 Å². The minimum Gasteiger partial charge on any atom is -0.490 e. The van der Waals surface area contributed by atoms with Crippen molar-refractivity contribution >= 4 is 0 Å². The van der Waals surface area contributed by atoms with Crippen LogP contribution in [-0.4, -0.2) is 6.61 Å². The van der Waals surface area contributed by atoms with Crippen LogP contribution in [0.3, 0.4) is 0 Å². The maximum absolute atomic E-state index is 14.8. The first kappa shape index (κ1) is 25.5. The van der Waals surface area contributed by atoms with Crippen molar-refractivity contribution in [1.29, 1.82) is 0 Å². The standard InChI is InChI=1S/C29H46F2O/c1-4-6-8-20-32-27-19-18-26(28(30)29(27)31)25-16-14-24(15-17-25)21(3)23-12-10-22(11-13-23)9-7-5-2/h18-19,21-25H,4-17,20H2,1-3H3. The second-order valence-electron chi connectivity index (χ2n) is 10.7. The lowest BCUT2D eigenvalue weighted by molar-refractivity contribution is 0.131. The second kappa shape index (κ2) is 12.9. The number of hydrogen-bond donors (Lipinski definition) is 0. The number of ether oxygens (including phenoxy) is 1. The highest BCUT2D eigenvalue weighted by Gasteiger charge is 2.33. The van der Waals surface area contributed by atoms with Crippen LogP contribution in [0.4, 0.5) is 8.78 Å². The van der Waals surface area contributed by atoms with Crippen molar-refractivity contribution in [3.8, 4) is 5.75 Å². The lowest BCUT2D eigenvalue weighted by Crippen LogP contribution is -2.28.